The number of hydrogen-bond acceptors (Lipinski definition) is 3. The summed E-state index contributed by atoms with van der Waals surface area (Å²) in [5.74, 6) is 1.90. The van der Waals surface area contributed by atoms with Crippen LogP contribution >= 0.6 is 0 Å². The highest BCUT2D eigenvalue weighted by atomic mass is 16.1. The third kappa shape index (κ3) is 5.62. The van der Waals surface area contributed by atoms with Crippen LogP contribution in [0, 0.1) is 17.8 Å². The van der Waals surface area contributed by atoms with Gasteiger partial charge in [0.1, 0.15) is 5.78 Å². The first-order valence-corrected chi connectivity index (χ1v) is 7.83. The molecular formula is C16H32N2O. The Morgan fingerprint density at radius 2 is 1.84 bits per heavy atom. The number of Topliss-reactive ketones (excluding diaryl/α,β-unsaturated/α-hetero) is 1. The molecule has 0 N–H and O–H groups in total. The minimum Gasteiger partial charge on any atom is -0.308 e. The van der Waals surface area contributed by atoms with E-state index in [9.17, 15) is 4.79 Å². The first-order valence-electron chi connectivity index (χ1n) is 7.83. The summed E-state index contributed by atoms with van der Waals surface area (Å²) in [6.45, 7) is 10.9. The van der Waals surface area contributed by atoms with Gasteiger partial charge in [-0.25, -0.2) is 0 Å². The van der Waals surface area contributed by atoms with E-state index < -0.39 is 0 Å². The normalized spacial score (nSPS) is 28.4. The minimum absolute atomic E-state index is 0.268. The summed E-state index contributed by atoms with van der Waals surface area (Å²) in [7, 11) is 4.22. The van der Waals surface area contributed by atoms with Crippen LogP contribution in [-0.4, -0.2) is 55.9 Å². The van der Waals surface area contributed by atoms with Crippen molar-refractivity contribution in [3.8, 4) is 0 Å². The van der Waals surface area contributed by atoms with Crippen LogP contribution in [0.4, 0.5) is 0 Å². The molecule has 3 atom stereocenters. The fourth-order valence-electron chi connectivity index (χ4n) is 3.21. The number of likely N-dealkylation sites (N-methyl/N-ethyl adjacent to an activating group) is 1. The van der Waals surface area contributed by atoms with Gasteiger partial charge in [-0.15, -0.1) is 0 Å². The molecular weight excluding hydrogens is 236 g/mol. The second-order valence-electron chi connectivity index (χ2n) is 6.70. The molecule has 3 nitrogen and oxygen atoms in total. The molecule has 3 unspecified atom stereocenters. The topological polar surface area (TPSA) is 23.6 Å². The average Bonchev–Trinajstić information content (AvgIpc) is 2.30. The molecule has 1 aliphatic rings. The van der Waals surface area contributed by atoms with Crippen molar-refractivity contribution in [1.82, 2.24) is 9.80 Å². The summed E-state index contributed by atoms with van der Waals surface area (Å²) < 4.78 is 0. The molecule has 0 aromatic carbocycles. The Bertz CT molecular complexity index is 278. The van der Waals surface area contributed by atoms with Crippen LogP contribution in [-0.2, 0) is 4.79 Å². The van der Waals surface area contributed by atoms with Gasteiger partial charge in [0.05, 0.1) is 0 Å². The zero-order chi connectivity index (χ0) is 14.4. The molecule has 0 aromatic rings. The number of nitrogens with zero attached hydrogens (tertiary/aromatic N) is 2. The number of hydrogen-bond donors (Lipinski definition) is 0. The van der Waals surface area contributed by atoms with Crippen molar-refractivity contribution in [2.45, 2.75) is 40.0 Å². The molecule has 3 heteroatoms. The van der Waals surface area contributed by atoms with Crippen LogP contribution in [0.2, 0.25) is 0 Å². The van der Waals surface area contributed by atoms with Gasteiger partial charge in [-0.3, -0.25) is 4.79 Å². The van der Waals surface area contributed by atoms with Crippen LogP contribution in [0.1, 0.15) is 40.0 Å². The molecule has 0 bridgehead atoms. The van der Waals surface area contributed by atoms with Gasteiger partial charge in [0.2, 0.25) is 0 Å². The van der Waals surface area contributed by atoms with Crippen LogP contribution in [0.3, 0.4) is 0 Å². The molecule has 1 saturated carbocycles. The van der Waals surface area contributed by atoms with E-state index in [1.807, 2.05) is 0 Å². The predicted molar refractivity (Wildman–Crippen MR) is 81.3 cm³/mol. The summed E-state index contributed by atoms with van der Waals surface area (Å²) in [6.07, 6.45) is 3.17. The first-order chi connectivity index (χ1) is 8.93. The van der Waals surface area contributed by atoms with E-state index in [4.69, 9.17) is 0 Å². The maximum Gasteiger partial charge on any atom is 0.137 e. The fraction of sp³-hybridized carbons (Fsp3) is 0.938. The molecule has 1 fully saturated rings. The van der Waals surface area contributed by atoms with E-state index in [1.54, 1.807) is 0 Å². The lowest BCUT2D eigenvalue weighted by atomic mass is 9.74. The SMILES string of the molecule is CCCN(CCN(C)C)CC1C(=O)CC(C)CC1C. The number of carbonyl (C=O) groups excluding carboxylic acids is 1. The van der Waals surface area contributed by atoms with E-state index in [-0.39, 0.29) is 5.92 Å². The van der Waals surface area contributed by atoms with Gasteiger partial charge in [0.25, 0.3) is 0 Å². The highest BCUT2D eigenvalue weighted by Gasteiger charge is 2.33. The summed E-state index contributed by atoms with van der Waals surface area (Å²) in [4.78, 5) is 17.0. The Morgan fingerprint density at radius 3 is 2.37 bits per heavy atom. The van der Waals surface area contributed by atoms with Crippen molar-refractivity contribution >= 4 is 5.78 Å². The van der Waals surface area contributed by atoms with Gasteiger partial charge in [0.15, 0.2) is 0 Å². The van der Waals surface area contributed by atoms with E-state index >= 15 is 0 Å². The highest BCUT2D eigenvalue weighted by molar-refractivity contribution is 5.82. The summed E-state index contributed by atoms with van der Waals surface area (Å²) in [5.41, 5.74) is 0. The Hall–Kier alpha value is -0.410. The van der Waals surface area contributed by atoms with Crippen molar-refractivity contribution in [2.24, 2.45) is 17.8 Å². The molecule has 0 radical (unpaired) electrons. The van der Waals surface area contributed by atoms with Gasteiger partial charge in [0, 0.05) is 32.0 Å². The third-order valence-electron chi connectivity index (χ3n) is 4.28. The molecule has 112 valence electrons. The van der Waals surface area contributed by atoms with Gasteiger partial charge >= 0.3 is 0 Å². The van der Waals surface area contributed by atoms with Gasteiger partial charge in [-0.05, 0) is 45.3 Å². The monoisotopic (exact) mass is 268 g/mol. The van der Waals surface area contributed by atoms with E-state index in [0.717, 1.165) is 32.6 Å². The van der Waals surface area contributed by atoms with Crippen molar-refractivity contribution < 1.29 is 4.79 Å². The van der Waals surface area contributed by atoms with Crippen molar-refractivity contribution in [3.63, 3.8) is 0 Å². The molecule has 19 heavy (non-hydrogen) atoms. The molecule has 0 aromatic heterocycles. The molecule has 0 saturated heterocycles. The Labute approximate surface area is 119 Å². The van der Waals surface area contributed by atoms with Gasteiger partial charge in [-0.1, -0.05) is 20.8 Å². The average molecular weight is 268 g/mol. The highest BCUT2D eigenvalue weighted by Crippen LogP contribution is 2.31. The van der Waals surface area contributed by atoms with Gasteiger partial charge < -0.3 is 9.80 Å². The standard InChI is InChI=1S/C16H32N2O/c1-6-7-18(9-8-17(4)5)12-15-14(3)10-13(2)11-16(15)19/h13-15H,6-12H2,1-5H3. The largest absolute Gasteiger partial charge is 0.308 e. The molecule has 1 aliphatic carbocycles. The first kappa shape index (κ1) is 16.6. The Morgan fingerprint density at radius 1 is 1.16 bits per heavy atom. The lowest BCUT2D eigenvalue weighted by Gasteiger charge is -2.35. The maximum absolute atomic E-state index is 12.3. The molecule has 0 heterocycles. The molecule has 0 aliphatic heterocycles. The predicted octanol–water partition coefficient (Wildman–Crippen LogP) is 2.51. The Balaban J connectivity index is 2.54. The fourth-order valence-corrected chi connectivity index (χ4v) is 3.21. The van der Waals surface area contributed by atoms with Crippen LogP contribution in [0.5, 0.6) is 0 Å². The summed E-state index contributed by atoms with van der Waals surface area (Å²) in [5, 5.41) is 0. The van der Waals surface area contributed by atoms with E-state index in [2.05, 4.69) is 44.7 Å². The van der Waals surface area contributed by atoms with Crippen LogP contribution in [0.25, 0.3) is 0 Å². The number of ketones is 1. The van der Waals surface area contributed by atoms with E-state index in [1.165, 1.54) is 12.8 Å². The van der Waals surface area contributed by atoms with Gasteiger partial charge in [-0.2, -0.15) is 0 Å². The second kappa shape index (κ2) is 8.01. The third-order valence-corrected chi connectivity index (χ3v) is 4.28. The smallest absolute Gasteiger partial charge is 0.137 e. The van der Waals surface area contributed by atoms with Crippen molar-refractivity contribution in [2.75, 3.05) is 40.3 Å². The molecule has 0 spiro atoms. The molecule has 0 amide bonds. The van der Waals surface area contributed by atoms with E-state index in [0.29, 0.717) is 17.6 Å². The van der Waals surface area contributed by atoms with Crippen LogP contribution < -0.4 is 0 Å². The minimum atomic E-state index is 0.268. The zero-order valence-corrected chi connectivity index (χ0v) is 13.5. The molecule has 1 rings (SSSR count). The van der Waals surface area contributed by atoms with Crippen LogP contribution in [0.15, 0.2) is 0 Å². The second-order valence-corrected chi connectivity index (χ2v) is 6.70. The van der Waals surface area contributed by atoms with Crippen molar-refractivity contribution in [3.05, 3.63) is 0 Å². The quantitative estimate of drug-likeness (QED) is 0.709. The lowest BCUT2D eigenvalue weighted by Crippen LogP contribution is -2.42. The Kier molecular flexibility index (Phi) is 7.01. The zero-order valence-electron chi connectivity index (χ0n) is 13.5. The lowest BCUT2D eigenvalue weighted by molar-refractivity contribution is -0.128. The maximum atomic E-state index is 12.3. The van der Waals surface area contributed by atoms with Crippen molar-refractivity contribution in [1.29, 1.82) is 0 Å². The summed E-state index contributed by atoms with van der Waals surface area (Å²) >= 11 is 0. The number of carbonyl (C=O) groups is 1. The number of rotatable bonds is 7. The summed E-state index contributed by atoms with van der Waals surface area (Å²) in [6, 6.07) is 0.